The molecule has 5 heteroatoms. The van der Waals surface area contributed by atoms with Crippen LogP contribution in [-0.2, 0) is 11.3 Å². The van der Waals surface area contributed by atoms with E-state index in [1.807, 2.05) is 6.92 Å². The first kappa shape index (κ1) is 10.7. The Labute approximate surface area is 82.8 Å². The van der Waals surface area contributed by atoms with Gasteiger partial charge in [-0.25, -0.2) is 4.79 Å². The second kappa shape index (κ2) is 4.76. The third kappa shape index (κ3) is 2.85. The second-order valence-electron chi connectivity index (χ2n) is 3.15. The van der Waals surface area contributed by atoms with Gasteiger partial charge in [0.15, 0.2) is 0 Å². The number of esters is 1. The van der Waals surface area contributed by atoms with Gasteiger partial charge in [-0.3, -0.25) is 4.68 Å². The summed E-state index contributed by atoms with van der Waals surface area (Å²) in [4.78, 5) is 11.2. The van der Waals surface area contributed by atoms with Gasteiger partial charge in [-0.2, -0.15) is 5.10 Å². The summed E-state index contributed by atoms with van der Waals surface area (Å²) in [6, 6.07) is 0.0185. The van der Waals surface area contributed by atoms with Crippen LogP contribution in [0.3, 0.4) is 0 Å². The number of nitrogens with zero attached hydrogens (tertiary/aromatic N) is 2. The minimum absolute atomic E-state index is 0.0185. The van der Waals surface area contributed by atoms with Crippen LogP contribution in [0.1, 0.15) is 24.2 Å². The zero-order valence-corrected chi connectivity index (χ0v) is 8.43. The van der Waals surface area contributed by atoms with Crippen molar-refractivity contribution < 1.29 is 9.53 Å². The number of carbonyl (C=O) groups excluding carboxylic acids is 1. The van der Waals surface area contributed by atoms with Crippen LogP contribution in [-0.4, -0.2) is 28.4 Å². The molecule has 1 aromatic rings. The zero-order valence-electron chi connectivity index (χ0n) is 8.43. The van der Waals surface area contributed by atoms with Crippen molar-refractivity contribution in [1.82, 2.24) is 9.78 Å². The van der Waals surface area contributed by atoms with Gasteiger partial charge in [-0.1, -0.05) is 0 Å². The van der Waals surface area contributed by atoms with Crippen molar-refractivity contribution in [3.63, 3.8) is 0 Å². The molecule has 0 bridgehead atoms. The van der Waals surface area contributed by atoms with Crippen molar-refractivity contribution in [1.29, 1.82) is 0 Å². The van der Waals surface area contributed by atoms with E-state index in [1.165, 1.54) is 6.20 Å². The lowest BCUT2D eigenvalue weighted by Crippen LogP contribution is -2.22. The summed E-state index contributed by atoms with van der Waals surface area (Å²) >= 11 is 0. The average molecular weight is 197 g/mol. The van der Waals surface area contributed by atoms with Crippen LogP contribution < -0.4 is 5.73 Å². The van der Waals surface area contributed by atoms with Gasteiger partial charge in [0.05, 0.1) is 24.9 Å². The fourth-order valence-corrected chi connectivity index (χ4v) is 1.08. The van der Waals surface area contributed by atoms with Crippen LogP contribution >= 0.6 is 0 Å². The van der Waals surface area contributed by atoms with Crippen LogP contribution in [0, 0.1) is 0 Å². The first-order valence-corrected chi connectivity index (χ1v) is 4.58. The Morgan fingerprint density at radius 3 is 3.07 bits per heavy atom. The lowest BCUT2D eigenvalue weighted by Gasteiger charge is -2.03. The minimum atomic E-state index is -0.344. The van der Waals surface area contributed by atoms with Crippen molar-refractivity contribution in [3.8, 4) is 0 Å². The molecule has 1 unspecified atom stereocenters. The van der Waals surface area contributed by atoms with E-state index in [0.717, 1.165) is 0 Å². The van der Waals surface area contributed by atoms with Crippen LogP contribution in [0.5, 0.6) is 0 Å². The summed E-state index contributed by atoms with van der Waals surface area (Å²) in [5.41, 5.74) is 6.06. The number of carbonyl (C=O) groups is 1. The van der Waals surface area contributed by atoms with E-state index in [9.17, 15) is 4.79 Å². The molecule has 1 aromatic heterocycles. The van der Waals surface area contributed by atoms with Gasteiger partial charge in [0.25, 0.3) is 0 Å². The third-order valence-corrected chi connectivity index (χ3v) is 1.62. The predicted molar refractivity (Wildman–Crippen MR) is 51.8 cm³/mol. The van der Waals surface area contributed by atoms with Gasteiger partial charge >= 0.3 is 5.97 Å². The molecule has 5 nitrogen and oxygen atoms in total. The molecule has 1 heterocycles. The van der Waals surface area contributed by atoms with Gasteiger partial charge in [0, 0.05) is 12.2 Å². The predicted octanol–water partition coefficient (Wildman–Crippen LogP) is 0.407. The molecule has 0 aliphatic rings. The molecule has 0 saturated heterocycles. The van der Waals surface area contributed by atoms with E-state index in [1.54, 1.807) is 17.8 Å². The monoisotopic (exact) mass is 197 g/mol. The van der Waals surface area contributed by atoms with Gasteiger partial charge in [-0.15, -0.1) is 0 Å². The Kier molecular flexibility index (Phi) is 3.64. The SMILES string of the molecule is CCOC(=O)c1cnn(CC(C)N)c1. The topological polar surface area (TPSA) is 70.1 Å². The third-order valence-electron chi connectivity index (χ3n) is 1.62. The molecular formula is C9H15N3O2. The Morgan fingerprint density at radius 1 is 1.79 bits per heavy atom. The molecule has 14 heavy (non-hydrogen) atoms. The van der Waals surface area contributed by atoms with Crippen molar-refractivity contribution in [2.45, 2.75) is 26.4 Å². The summed E-state index contributed by atoms with van der Waals surface area (Å²) in [5.74, 6) is -0.344. The lowest BCUT2D eigenvalue weighted by atomic mass is 10.3. The van der Waals surface area contributed by atoms with Crippen LogP contribution in [0.25, 0.3) is 0 Å². The van der Waals surface area contributed by atoms with Crippen molar-refractivity contribution in [2.75, 3.05) is 6.61 Å². The summed E-state index contributed by atoms with van der Waals surface area (Å²) in [5, 5.41) is 4.00. The van der Waals surface area contributed by atoms with Gasteiger partial charge < -0.3 is 10.5 Å². The molecule has 1 atom stereocenters. The van der Waals surface area contributed by atoms with Crippen molar-refractivity contribution in [2.24, 2.45) is 5.73 Å². The first-order chi connectivity index (χ1) is 6.63. The molecule has 1 rings (SSSR count). The van der Waals surface area contributed by atoms with Crippen molar-refractivity contribution in [3.05, 3.63) is 18.0 Å². The maximum atomic E-state index is 11.2. The molecule has 0 spiro atoms. The Morgan fingerprint density at radius 2 is 2.50 bits per heavy atom. The van der Waals surface area contributed by atoms with Crippen LogP contribution in [0.4, 0.5) is 0 Å². The molecule has 0 aliphatic carbocycles. The van der Waals surface area contributed by atoms with Crippen LogP contribution in [0.15, 0.2) is 12.4 Å². The normalized spacial score (nSPS) is 12.5. The molecule has 0 amide bonds. The molecule has 78 valence electrons. The number of hydrogen-bond acceptors (Lipinski definition) is 4. The number of rotatable bonds is 4. The quantitative estimate of drug-likeness (QED) is 0.709. The summed E-state index contributed by atoms with van der Waals surface area (Å²) in [7, 11) is 0. The Balaban J connectivity index is 2.63. The number of hydrogen-bond donors (Lipinski definition) is 1. The van der Waals surface area contributed by atoms with E-state index in [2.05, 4.69) is 5.10 Å². The largest absolute Gasteiger partial charge is 0.462 e. The fourth-order valence-electron chi connectivity index (χ4n) is 1.08. The second-order valence-corrected chi connectivity index (χ2v) is 3.15. The van der Waals surface area contributed by atoms with E-state index < -0.39 is 0 Å². The standard InChI is InChI=1S/C9H15N3O2/c1-3-14-9(13)8-4-11-12(6-8)5-7(2)10/h4,6-7H,3,5,10H2,1-2H3. The van der Waals surface area contributed by atoms with E-state index in [-0.39, 0.29) is 12.0 Å². The average Bonchev–Trinajstić information content (AvgIpc) is 2.52. The molecule has 0 fully saturated rings. The highest BCUT2D eigenvalue weighted by atomic mass is 16.5. The number of ether oxygens (including phenoxy) is 1. The van der Waals surface area contributed by atoms with E-state index in [4.69, 9.17) is 10.5 Å². The molecule has 2 N–H and O–H groups in total. The van der Waals surface area contributed by atoms with E-state index >= 15 is 0 Å². The molecular weight excluding hydrogens is 182 g/mol. The highest BCUT2D eigenvalue weighted by Crippen LogP contribution is 2.00. The first-order valence-electron chi connectivity index (χ1n) is 4.58. The Bertz CT molecular complexity index is 307. The highest BCUT2D eigenvalue weighted by Gasteiger charge is 2.09. The summed E-state index contributed by atoms with van der Waals surface area (Å²) in [6.07, 6.45) is 3.13. The fraction of sp³-hybridized carbons (Fsp3) is 0.556. The maximum absolute atomic E-state index is 11.2. The lowest BCUT2D eigenvalue weighted by molar-refractivity contribution is 0.0526. The summed E-state index contributed by atoms with van der Waals surface area (Å²) in [6.45, 7) is 4.62. The number of nitrogens with two attached hydrogens (primary N) is 1. The van der Waals surface area contributed by atoms with Gasteiger partial charge in [0.1, 0.15) is 0 Å². The highest BCUT2D eigenvalue weighted by molar-refractivity contribution is 5.88. The van der Waals surface area contributed by atoms with Gasteiger partial charge in [0.2, 0.25) is 0 Å². The van der Waals surface area contributed by atoms with Crippen molar-refractivity contribution >= 4 is 5.97 Å². The maximum Gasteiger partial charge on any atom is 0.341 e. The minimum Gasteiger partial charge on any atom is -0.462 e. The number of aromatic nitrogens is 2. The zero-order chi connectivity index (χ0) is 10.6. The van der Waals surface area contributed by atoms with Crippen LogP contribution in [0.2, 0.25) is 0 Å². The van der Waals surface area contributed by atoms with Gasteiger partial charge in [-0.05, 0) is 13.8 Å². The van der Waals surface area contributed by atoms with E-state index in [0.29, 0.717) is 18.7 Å². The smallest absolute Gasteiger partial charge is 0.341 e. The molecule has 0 radical (unpaired) electrons. The molecule has 0 aromatic carbocycles. The molecule has 0 saturated carbocycles. The summed E-state index contributed by atoms with van der Waals surface area (Å²) < 4.78 is 6.46. The molecule has 0 aliphatic heterocycles. The Hall–Kier alpha value is -1.36.